The number of para-hydroxylation sites is 6. The summed E-state index contributed by atoms with van der Waals surface area (Å²) in [6, 6.07) is 34.9. The molecule has 40 heavy (non-hydrogen) atoms. The van der Waals surface area contributed by atoms with E-state index in [4.69, 9.17) is 44.6 Å². The molecule has 0 amide bonds. The van der Waals surface area contributed by atoms with Crippen molar-refractivity contribution in [2.45, 2.75) is 20.3 Å². The number of halogens is 2. The van der Waals surface area contributed by atoms with Gasteiger partial charge in [0.15, 0.2) is 11.5 Å². The molecule has 0 aromatic heterocycles. The van der Waals surface area contributed by atoms with Gasteiger partial charge in [-0.3, -0.25) is 0 Å². The molecule has 1 heterocycles. The van der Waals surface area contributed by atoms with E-state index in [-0.39, 0.29) is 13.1 Å². The first kappa shape index (κ1) is 29.3. The number of aliphatic imine (C=N–C) groups is 3. The molecular weight excluding hydrogens is 585 g/mol. The molecule has 0 saturated heterocycles. The molecule has 0 saturated carbocycles. The third kappa shape index (κ3) is 8.41. The summed E-state index contributed by atoms with van der Waals surface area (Å²) in [5.41, 5.74) is 4.93. The van der Waals surface area contributed by atoms with Gasteiger partial charge in [0.1, 0.15) is 22.9 Å². The molecule has 0 aliphatic carbocycles. The van der Waals surface area contributed by atoms with Gasteiger partial charge in [-0.05, 0) is 62.4 Å². The Balaban J connectivity index is 0.00000118. The Kier molecular flexibility index (Phi) is 11.1. The Morgan fingerprint density at radius 1 is 0.650 bits per heavy atom. The molecule has 0 radical (unpaired) electrons. The fraction of sp³-hybridized carbons (Fsp3) is 0.0938. The van der Waals surface area contributed by atoms with Crippen LogP contribution in [0.15, 0.2) is 136 Å². The Hall–Kier alpha value is -3.67. The number of rotatable bonds is 8. The van der Waals surface area contributed by atoms with Crippen LogP contribution in [0.5, 0.6) is 23.0 Å². The summed E-state index contributed by atoms with van der Waals surface area (Å²) in [7, 11) is 9.53. The fourth-order valence-corrected chi connectivity index (χ4v) is 3.87. The van der Waals surface area contributed by atoms with Crippen molar-refractivity contribution < 1.29 is 22.6 Å². The van der Waals surface area contributed by atoms with Crippen molar-refractivity contribution in [2.75, 3.05) is 0 Å². The molecule has 5 nitrogen and oxygen atoms in total. The van der Waals surface area contributed by atoms with E-state index in [0.717, 1.165) is 45.7 Å². The molecule has 204 valence electrons. The average molecular weight is 612 g/mol. The van der Waals surface area contributed by atoms with Gasteiger partial charge < -0.3 is 9.47 Å². The van der Waals surface area contributed by atoms with Crippen LogP contribution in [0.2, 0.25) is 0 Å². The van der Waals surface area contributed by atoms with Crippen molar-refractivity contribution in [3.8, 4) is 23.0 Å². The van der Waals surface area contributed by atoms with Gasteiger partial charge in [-0.1, -0.05) is 66.7 Å². The molecule has 1 aliphatic heterocycles. The summed E-state index contributed by atoms with van der Waals surface area (Å²) in [6.07, 6.45) is 2.78. The number of ether oxygens (including phenoxy) is 2. The number of benzene rings is 4. The van der Waals surface area contributed by atoms with Crippen molar-refractivity contribution in [1.82, 2.24) is 0 Å². The summed E-state index contributed by atoms with van der Waals surface area (Å²) in [5, 5.41) is 0. The van der Waals surface area contributed by atoms with E-state index in [1.54, 1.807) is 0 Å². The van der Waals surface area contributed by atoms with E-state index in [0.29, 0.717) is 17.9 Å². The van der Waals surface area contributed by atoms with Gasteiger partial charge in [-0.2, -0.15) is 0 Å². The third-order valence-electron chi connectivity index (χ3n) is 5.78. The van der Waals surface area contributed by atoms with Gasteiger partial charge in [0.25, 0.3) is 0 Å². The monoisotopic (exact) mass is 611 g/mol. The zero-order chi connectivity index (χ0) is 28.2. The average Bonchev–Trinajstić information content (AvgIpc) is 3.48. The number of hydrogen-bond donors (Lipinski definition) is 0. The molecule has 4 aromatic rings. The fourth-order valence-electron chi connectivity index (χ4n) is 3.87. The van der Waals surface area contributed by atoms with Crippen LogP contribution in [-0.2, 0) is 13.1 Å². The van der Waals surface area contributed by atoms with Gasteiger partial charge in [0, 0.05) is 6.42 Å². The molecule has 0 spiro atoms. The topological polar surface area (TPSA) is 55.5 Å². The van der Waals surface area contributed by atoms with Gasteiger partial charge in [0.05, 0.1) is 22.8 Å². The summed E-state index contributed by atoms with van der Waals surface area (Å²) in [6.45, 7) is 3.94. The normalized spacial score (nSPS) is 13.2. The first-order valence-corrected chi connectivity index (χ1v) is 15.5. The zero-order valence-electron chi connectivity index (χ0n) is 21.9. The van der Waals surface area contributed by atoms with Crippen LogP contribution < -0.4 is 9.47 Å². The number of hydrogen-bond acceptors (Lipinski definition) is 5. The summed E-state index contributed by atoms with van der Waals surface area (Å²) in [4.78, 5) is 14.5. The Morgan fingerprint density at radius 2 is 1.07 bits per heavy atom. The SMILES string of the molecule is CC(=Nc1ccccc1Oc1ccccc1)C1=CCC(C(C)=Nc2ccccc2Oc2ccccc2)=N1.[Cl][Fe][Cl]. The molecule has 0 unspecified atom stereocenters. The Bertz CT molecular complexity index is 1540. The summed E-state index contributed by atoms with van der Waals surface area (Å²) in [5.74, 6) is 2.94. The van der Waals surface area contributed by atoms with Crippen LogP contribution in [0.3, 0.4) is 0 Å². The molecule has 0 bridgehead atoms. The zero-order valence-corrected chi connectivity index (χ0v) is 24.6. The molecule has 4 aromatic carbocycles. The second-order valence-electron chi connectivity index (χ2n) is 8.56. The van der Waals surface area contributed by atoms with E-state index in [1.165, 1.54) is 0 Å². The van der Waals surface area contributed by atoms with Crippen LogP contribution in [0.25, 0.3) is 0 Å². The van der Waals surface area contributed by atoms with E-state index in [2.05, 4.69) is 6.08 Å². The maximum atomic E-state index is 6.06. The second-order valence-corrected chi connectivity index (χ2v) is 10.4. The van der Waals surface area contributed by atoms with Crippen LogP contribution in [0, 0.1) is 0 Å². The second kappa shape index (κ2) is 15.2. The van der Waals surface area contributed by atoms with Crippen molar-refractivity contribution in [3.63, 3.8) is 0 Å². The van der Waals surface area contributed by atoms with Gasteiger partial charge in [-0.15, -0.1) is 0 Å². The van der Waals surface area contributed by atoms with Crippen molar-refractivity contribution in [1.29, 1.82) is 0 Å². The summed E-state index contributed by atoms with van der Waals surface area (Å²) < 4.78 is 12.1. The molecule has 1 aliphatic rings. The maximum absolute atomic E-state index is 6.06. The van der Waals surface area contributed by atoms with Crippen molar-refractivity contribution in [2.24, 2.45) is 15.0 Å². The van der Waals surface area contributed by atoms with E-state index in [1.807, 2.05) is 123 Å². The Morgan fingerprint density at radius 3 is 1.57 bits per heavy atom. The molecule has 0 N–H and O–H groups in total. The Labute approximate surface area is 249 Å². The predicted molar refractivity (Wildman–Crippen MR) is 163 cm³/mol. The molecule has 0 fully saturated rings. The standard InChI is InChI=1S/C32H27N3O2.2ClH.Fe/c1-23(33-29-17-9-11-19-31(29)36-25-13-5-3-6-14-25)27-21-22-28(35-27)24(2)34-30-18-10-12-20-32(30)37-26-15-7-4-8-16-26;;;/h3-21H,22H2,1-2H3;2*1H;/q;;;+2/p-2. The number of allylic oxidation sites excluding steroid dienone is 2. The minimum absolute atomic E-state index is 0.194. The van der Waals surface area contributed by atoms with E-state index >= 15 is 0 Å². The summed E-state index contributed by atoms with van der Waals surface area (Å²) >= 11 is 0.194. The molecule has 5 rings (SSSR count). The molecular formula is C32H27Cl2FeN3O2. The number of nitrogens with zero attached hydrogens (tertiary/aromatic N) is 3. The van der Waals surface area contributed by atoms with E-state index in [9.17, 15) is 0 Å². The predicted octanol–water partition coefficient (Wildman–Crippen LogP) is 10.3. The first-order valence-electron chi connectivity index (χ1n) is 12.5. The molecule has 8 heteroatoms. The van der Waals surface area contributed by atoms with Crippen LogP contribution >= 0.6 is 20.2 Å². The molecule has 0 atom stereocenters. The van der Waals surface area contributed by atoms with Crippen molar-refractivity contribution >= 4 is 48.7 Å². The van der Waals surface area contributed by atoms with Crippen LogP contribution in [0.1, 0.15) is 20.3 Å². The van der Waals surface area contributed by atoms with Gasteiger partial charge in [-0.25, -0.2) is 15.0 Å². The van der Waals surface area contributed by atoms with Crippen LogP contribution in [0.4, 0.5) is 11.4 Å². The van der Waals surface area contributed by atoms with Gasteiger partial charge >= 0.3 is 33.3 Å². The van der Waals surface area contributed by atoms with E-state index < -0.39 is 0 Å². The van der Waals surface area contributed by atoms with Gasteiger partial charge in [0.2, 0.25) is 0 Å². The van der Waals surface area contributed by atoms with Crippen LogP contribution in [-0.4, -0.2) is 17.1 Å². The third-order valence-corrected chi connectivity index (χ3v) is 5.78. The first-order chi connectivity index (χ1) is 19.6. The minimum atomic E-state index is 0.194. The van der Waals surface area contributed by atoms with Crippen molar-refractivity contribution in [3.05, 3.63) is 121 Å². The quantitative estimate of drug-likeness (QED) is 0.147.